The molecule has 0 bridgehead atoms. The second-order valence-corrected chi connectivity index (χ2v) is 9.32. The second-order valence-electron chi connectivity index (χ2n) is 9.32. The van der Waals surface area contributed by atoms with Crippen LogP contribution in [0.25, 0.3) is 11.2 Å². The summed E-state index contributed by atoms with van der Waals surface area (Å²) < 4.78 is 27.8. The van der Waals surface area contributed by atoms with Crippen molar-refractivity contribution in [2.45, 2.75) is 39.7 Å². The number of halogens is 1. The zero-order chi connectivity index (χ0) is 23.7. The summed E-state index contributed by atoms with van der Waals surface area (Å²) in [6, 6.07) is 4.14. The van der Waals surface area contributed by atoms with Gasteiger partial charge in [0.2, 0.25) is 0 Å². The van der Waals surface area contributed by atoms with Crippen LogP contribution in [0, 0.1) is 12.0 Å². The second kappa shape index (κ2) is 9.61. The average Bonchev–Trinajstić information content (AvgIpc) is 3.45. The number of ether oxygens (including phenoxy) is 2. The number of imidazole rings is 1. The van der Waals surface area contributed by atoms with Gasteiger partial charge in [0.15, 0.2) is 28.5 Å². The minimum absolute atomic E-state index is 0.0552. The SMILES string of the molecule is CC(C)CNCCn1c(Cc2cc3c(cc2N2CCCC2)OCCO3)nc2c(N)nc(F)nc21. The van der Waals surface area contributed by atoms with Gasteiger partial charge in [0.1, 0.15) is 19.0 Å². The van der Waals surface area contributed by atoms with Crippen LogP contribution in [0.15, 0.2) is 12.1 Å². The van der Waals surface area contributed by atoms with Crippen LogP contribution in [0.4, 0.5) is 15.9 Å². The lowest BCUT2D eigenvalue weighted by Gasteiger charge is -2.26. The topological polar surface area (TPSA) is 103 Å². The lowest BCUT2D eigenvalue weighted by molar-refractivity contribution is 0.171. The number of aromatic nitrogens is 4. The van der Waals surface area contributed by atoms with E-state index >= 15 is 0 Å². The van der Waals surface area contributed by atoms with E-state index in [9.17, 15) is 4.39 Å². The Balaban J connectivity index is 1.54. The molecule has 9 nitrogen and oxygen atoms in total. The third-order valence-electron chi connectivity index (χ3n) is 6.28. The molecule has 0 spiro atoms. The Bertz CT molecular complexity index is 1170. The smallest absolute Gasteiger partial charge is 0.312 e. The van der Waals surface area contributed by atoms with E-state index in [-0.39, 0.29) is 5.82 Å². The molecule has 3 aromatic rings. The van der Waals surface area contributed by atoms with Gasteiger partial charge in [0.25, 0.3) is 0 Å². The maximum atomic E-state index is 14.1. The van der Waals surface area contributed by atoms with Crippen LogP contribution in [0.5, 0.6) is 11.5 Å². The summed E-state index contributed by atoms with van der Waals surface area (Å²) in [6.45, 7) is 9.62. The van der Waals surface area contributed by atoms with Crippen molar-refractivity contribution in [1.29, 1.82) is 0 Å². The largest absolute Gasteiger partial charge is 0.486 e. The maximum absolute atomic E-state index is 14.1. The Morgan fingerprint density at radius 1 is 1.09 bits per heavy atom. The summed E-state index contributed by atoms with van der Waals surface area (Å²) in [6.07, 6.45) is 2.02. The van der Waals surface area contributed by atoms with Crippen molar-refractivity contribution in [1.82, 2.24) is 24.8 Å². The van der Waals surface area contributed by atoms with E-state index < -0.39 is 6.08 Å². The normalized spacial score (nSPS) is 15.6. The fourth-order valence-corrected chi connectivity index (χ4v) is 4.68. The molecule has 34 heavy (non-hydrogen) atoms. The van der Waals surface area contributed by atoms with E-state index in [0.29, 0.717) is 49.8 Å². The molecular formula is C24H32FN7O2. The van der Waals surface area contributed by atoms with E-state index in [1.165, 1.54) is 12.8 Å². The summed E-state index contributed by atoms with van der Waals surface area (Å²) >= 11 is 0. The third kappa shape index (κ3) is 4.59. The molecule has 182 valence electrons. The first-order chi connectivity index (χ1) is 16.5. The number of anilines is 2. The number of hydrogen-bond acceptors (Lipinski definition) is 8. The van der Waals surface area contributed by atoms with E-state index in [0.717, 1.165) is 48.2 Å². The highest BCUT2D eigenvalue weighted by Gasteiger charge is 2.24. The van der Waals surface area contributed by atoms with Crippen molar-refractivity contribution in [3.8, 4) is 11.5 Å². The van der Waals surface area contributed by atoms with Crippen molar-refractivity contribution in [2.75, 3.05) is 50.0 Å². The Morgan fingerprint density at radius 2 is 1.82 bits per heavy atom. The Morgan fingerprint density at radius 3 is 2.56 bits per heavy atom. The number of nitrogens with zero attached hydrogens (tertiary/aromatic N) is 5. The molecular weight excluding hydrogens is 437 g/mol. The molecule has 0 aliphatic carbocycles. The van der Waals surface area contributed by atoms with Gasteiger partial charge in [-0.25, -0.2) is 4.98 Å². The number of nitrogens with one attached hydrogen (secondary N) is 1. The minimum atomic E-state index is -0.843. The fourth-order valence-electron chi connectivity index (χ4n) is 4.68. The molecule has 4 heterocycles. The number of hydrogen-bond donors (Lipinski definition) is 2. The first-order valence-corrected chi connectivity index (χ1v) is 12.1. The Kier molecular flexibility index (Phi) is 6.40. The third-order valence-corrected chi connectivity index (χ3v) is 6.28. The van der Waals surface area contributed by atoms with Gasteiger partial charge < -0.3 is 30.0 Å². The number of nitrogen functional groups attached to an aromatic ring is 1. The van der Waals surface area contributed by atoms with Crippen LogP contribution in [-0.4, -0.2) is 58.9 Å². The number of benzene rings is 1. The molecule has 1 saturated heterocycles. The van der Waals surface area contributed by atoms with Gasteiger partial charge in [-0.05, 0) is 36.9 Å². The quantitative estimate of drug-likeness (QED) is 0.384. The summed E-state index contributed by atoms with van der Waals surface area (Å²) in [5.41, 5.74) is 9.09. The van der Waals surface area contributed by atoms with E-state index in [1.54, 1.807) is 0 Å². The molecule has 0 saturated carbocycles. The van der Waals surface area contributed by atoms with Crippen LogP contribution in [-0.2, 0) is 13.0 Å². The predicted octanol–water partition coefficient (Wildman–Crippen LogP) is 2.76. The molecule has 2 aromatic heterocycles. The van der Waals surface area contributed by atoms with Crippen LogP contribution < -0.4 is 25.4 Å². The van der Waals surface area contributed by atoms with E-state index in [2.05, 4.69) is 46.2 Å². The minimum Gasteiger partial charge on any atom is -0.486 e. The monoisotopic (exact) mass is 469 g/mol. The first-order valence-electron chi connectivity index (χ1n) is 12.1. The van der Waals surface area contributed by atoms with Crippen LogP contribution in [0.3, 0.4) is 0 Å². The molecule has 2 aliphatic heterocycles. The van der Waals surface area contributed by atoms with E-state index in [4.69, 9.17) is 20.2 Å². The first kappa shape index (κ1) is 22.6. The highest BCUT2D eigenvalue weighted by atomic mass is 19.1. The molecule has 0 amide bonds. The van der Waals surface area contributed by atoms with Gasteiger partial charge in [-0.3, -0.25) is 0 Å². The highest BCUT2D eigenvalue weighted by Crippen LogP contribution is 2.39. The van der Waals surface area contributed by atoms with Gasteiger partial charge in [0.05, 0.1) is 0 Å². The molecule has 1 fully saturated rings. The predicted molar refractivity (Wildman–Crippen MR) is 129 cm³/mol. The van der Waals surface area contributed by atoms with Gasteiger partial charge >= 0.3 is 6.08 Å². The molecule has 1 aromatic carbocycles. The Hall–Kier alpha value is -3.14. The standard InChI is InChI=1S/C24H32FN7O2/c1-15(2)14-27-5-8-32-20(28-21-22(26)29-24(25)30-23(21)32)12-16-11-18-19(34-10-9-33-18)13-17(16)31-6-3-4-7-31/h11,13,15,27H,3-10,12,14H2,1-2H3,(H2,26,29,30). The van der Waals surface area contributed by atoms with Crippen molar-refractivity contribution in [3.63, 3.8) is 0 Å². The van der Waals surface area contributed by atoms with Crippen molar-refractivity contribution in [2.24, 2.45) is 5.92 Å². The molecule has 0 unspecified atom stereocenters. The number of rotatable bonds is 8. The summed E-state index contributed by atoms with van der Waals surface area (Å²) in [5.74, 6) is 2.89. The van der Waals surface area contributed by atoms with Crippen molar-refractivity contribution < 1.29 is 13.9 Å². The van der Waals surface area contributed by atoms with Gasteiger partial charge in [-0.2, -0.15) is 14.4 Å². The molecule has 5 rings (SSSR count). The Labute approximate surface area is 198 Å². The number of nitrogens with two attached hydrogens (primary N) is 1. The molecule has 3 N–H and O–H groups in total. The lowest BCUT2D eigenvalue weighted by Crippen LogP contribution is -2.25. The van der Waals surface area contributed by atoms with E-state index in [1.807, 2.05) is 4.57 Å². The molecule has 0 radical (unpaired) electrons. The lowest BCUT2D eigenvalue weighted by atomic mass is 10.1. The van der Waals surface area contributed by atoms with Crippen molar-refractivity contribution >= 4 is 22.7 Å². The van der Waals surface area contributed by atoms with Crippen LogP contribution in [0.2, 0.25) is 0 Å². The average molecular weight is 470 g/mol. The number of fused-ring (bicyclic) bond motifs is 2. The van der Waals surface area contributed by atoms with Gasteiger partial charge in [-0.1, -0.05) is 13.8 Å². The summed E-state index contributed by atoms with van der Waals surface area (Å²) in [4.78, 5) is 14.9. The van der Waals surface area contributed by atoms with Crippen LogP contribution in [0.1, 0.15) is 38.1 Å². The molecule has 2 aliphatic rings. The highest BCUT2D eigenvalue weighted by molar-refractivity contribution is 5.82. The molecule has 0 atom stereocenters. The summed E-state index contributed by atoms with van der Waals surface area (Å²) in [5, 5.41) is 3.44. The zero-order valence-electron chi connectivity index (χ0n) is 19.8. The zero-order valence-corrected chi connectivity index (χ0v) is 19.8. The fraction of sp³-hybridized carbons (Fsp3) is 0.542. The van der Waals surface area contributed by atoms with Crippen molar-refractivity contribution in [3.05, 3.63) is 29.6 Å². The van der Waals surface area contributed by atoms with Gasteiger partial charge in [-0.15, -0.1) is 0 Å². The van der Waals surface area contributed by atoms with Crippen LogP contribution >= 0.6 is 0 Å². The maximum Gasteiger partial charge on any atom is 0.312 e. The summed E-state index contributed by atoms with van der Waals surface area (Å²) in [7, 11) is 0. The van der Waals surface area contributed by atoms with Gasteiger partial charge in [0, 0.05) is 44.4 Å². The molecule has 10 heteroatoms.